The topological polar surface area (TPSA) is 45.7 Å². The molecule has 150 valence electrons. The third kappa shape index (κ3) is 5.47. The number of ether oxygens (including phenoxy) is 1. The van der Waals surface area contributed by atoms with Gasteiger partial charge in [0.15, 0.2) is 11.6 Å². The summed E-state index contributed by atoms with van der Waals surface area (Å²) in [6, 6.07) is 5.33. The first-order valence-electron chi connectivity index (χ1n) is 9.17. The van der Waals surface area contributed by atoms with Crippen LogP contribution in [0.4, 0.5) is 8.78 Å². The van der Waals surface area contributed by atoms with Crippen LogP contribution in [0.1, 0.15) is 22.3 Å². The fourth-order valence-electron chi connectivity index (χ4n) is 3.13. The molecule has 0 spiro atoms. The molecule has 1 saturated heterocycles. The van der Waals surface area contributed by atoms with Crippen molar-refractivity contribution in [2.24, 2.45) is 0 Å². The Morgan fingerprint density at radius 2 is 1.86 bits per heavy atom. The number of morpholine rings is 1. The SMILES string of the molecule is O=C(c1cc(F)c(F)cc1Cl)N(CCCN1CCOCC1)Cc1ccncc1. The van der Waals surface area contributed by atoms with Crippen LogP contribution in [0.3, 0.4) is 0 Å². The zero-order chi connectivity index (χ0) is 19.9. The van der Waals surface area contributed by atoms with Crippen molar-refractivity contribution in [1.82, 2.24) is 14.8 Å². The second-order valence-electron chi connectivity index (χ2n) is 6.64. The van der Waals surface area contributed by atoms with Crippen molar-refractivity contribution in [3.05, 3.63) is 64.4 Å². The molecule has 1 aromatic carbocycles. The van der Waals surface area contributed by atoms with Gasteiger partial charge in [-0.25, -0.2) is 8.78 Å². The van der Waals surface area contributed by atoms with Gasteiger partial charge < -0.3 is 9.64 Å². The molecule has 1 amide bonds. The number of halogens is 3. The summed E-state index contributed by atoms with van der Waals surface area (Å²) < 4.78 is 32.4. The molecule has 2 aromatic rings. The van der Waals surface area contributed by atoms with Gasteiger partial charge in [0, 0.05) is 45.1 Å². The Morgan fingerprint density at radius 3 is 2.57 bits per heavy atom. The van der Waals surface area contributed by atoms with Crippen molar-refractivity contribution >= 4 is 17.5 Å². The second-order valence-corrected chi connectivity index (χ2v) is 7.04. The molecular formula is C20H22ClF2N3O2. The first-order chi connectivity index (χ1) is 13.5. The molecule has 3 rings (SSSR count). The second kappa shape index (κ2) is 9.91. The van der Waals surface area contributed by atoms with Gasteiger partial charge in [-0.1, -0.05) is 11.6 Å². The molecule has 0 aliphatic carbocycles. The molecule has 0 unspecified atom stereocenters. The zero-order valence-corrected chi connectivity index (χ0v) is 16.2. The molecule has 1 aromatic heterocycles. The average molecular weight is 410 g/mol. The highest BCUT2D eigenvalue weighted by molar-refractivity contribution is 6.33. The molecule has 0 N–H and O–H groups in total. The summed E-state index contributed by atoms with van der Waals surface area (Å²) in [5.41, 5.74) is 0.856. The van der Waals surface area contributed by atoms with E-state index in [1.807, 2.05) is 12.1 Å². The van der Waals surface area contributed by atoms with Gasteiger partial charge in [-0.2, -0.15) is 0 Å². The van der Waals surface area contributed by atoms with Crippen LogP contribution in [0.5, 0.6) is 0 Å². The van der Waals surface area contributed by atoms with Crippen LogP contribution < -0.4 is 0 Å². The fraction of sp³-hybridized carbons (Fsp3) is 0.400. The van der Waals surface area contributed by atoms with Crippen molar-refractivity contribution in [3.63, 3.8) is 0 Å². The van der Waals surface area contributed by atoms with Crippen LogP contribution in [-0.4, -0.2) is 60.1 Å². The number of hydrogen-bond donors (Lipinski definition) is 0. The molecule has 8 heteroatoms. The van der Waals surface area contributed by atoms with Crippen LogP contribution in [-0.2, 0) is 11.3 Å². The Labute approximate surface area is 167 Å². The van der Waals surface area contributed by atoms with Crippen LogP contribution in [0.25, 0.3) is 0 Å². The van der Waals surface area contributed by atoms with Gasteiger partial charge in [-0.15, -0.1) is 0 Å². The zero-order valence-electron chi connectivity index (χ0n) is 15.4. The normalized spacial score (nSPS) is 14.8. The largest absolute Gasteiger partial charge is 0.379 e. The Hall–Kier alpha value is -2.09. The minimum absolute atomic E-state index is 0.0407. The number of carbonyl (C=O) groups excluding carboxylic acids is 1. The van der Waals surface area contributed by atoms with Crippen molar-refractivity contribution < 1.29 is 18.3 Å². The van der Waals surface area contributed by atoms with Gasteiger partial charge >= 0.3 is 0 Å². The van der Waals surface area contributed by atoms with Gasteiger partial charge in [0.1, 0.15) is 0 Å². The third-order valence-corrected chi connectivity index (χ3v) is 4.97. The Kier molecular flexibility index (Phi) is 7.30. The summed E-state index contributed by atoms with van der Waals surface area (Å²) >= 11 is 6.01. The quantitative estimate of drug-likeness (QED) is 0.658. The smallest absolute Gasteiger partial charge is 0.255 e. The van der Waals surface area contributed by atoms with Gasteiger partial charge in [0.25, 0.3) is 5.91 Å². The monoisotopic (exact) mass is 409 g/mol. The molecule has 28 heavy (non-hydrogen) atoms. The molecule has 0 saturated carbocycles. The Bertz CT molecular complexity index is 802. The molecule has 1 fully saturated rings. The molecule has 0 atom stereocenters. The molecule has 2 heterocycles. The predicted molar refractivity (Wildman–Crippen MR) is 102 cm³/mol. The maximum atomic E-state index is 13.7. The Balaban J connectivity index is 1.73. The van der Waals surface area contributed by atoms with Crippen LogP contribution in [0.15, 0.2) is 36.7 Å². The first kappa shape index (κ1) is 20.6. The van der Waals surface area contributed by atoms with Crippen LogP contribution >= 0.6 is 11.6 Å². The Morgan fingerprint density at radius 1 is 1.18 bits per heavy atom. The van der Waals surface area contributed by atoms with E-state index in [9.17, 15) is 13.6 Å². The maximum absolute atomic E-state index is 13.7. The van der Waals surface area contributed by atoms with Crippen LogP contribution in [0, 0.1) is 11.6 Å². The number of pyridine rings is 1. The van der Waals surface area contributed by atoms with Crippen LogP contribution in [0.2, 0.25) is 5.02 Å². The van der Waals surface area contributed by atoms with E-state index in [4.69, 9.17) is 16.3 Å². The highest BCUT2D eigenvalue weighted by Gasteiger charge is 2.21. The van der Waals surface area contributed by atoms with E-state index in [0.29, 0.717) is 26.3 Å². The van der Waals surface area contributed by atoms with E-state index in [2.05, 4.69) is 9.88 Å². The van der Waals surface area contributed by atoms with Gasteiger partial charge in [-0.3, -0.25) is 14.7 Å². The van der Waals surface area contributed by atoms with Gasteiger partial charge in [-0.05, 0) is 36.2 Å². The van der Waals surface area contributed by atoms with Crippen molar-refractivity contribution in [2.45, 2.75) is 13.0 Å². The summed E-state index contributed by atoms with van der Waals surface area (Å²) in [5.74, 6) is -2.60. The summed E-state index contributed by atoms with van der Waals surface area (Å²) in [6.45, 7) is 4.79. The minimum Gasteiger partial charge on any atom is -0.379 e. The molecule has 5 nitrogen and oxygen atoms in total. The lowest BCUT2D eigenvalue weighted by Gasteiger charge is -2.28. The lowest BCUT2D eigenvalue weighted by molar-refractivity contribution is 0.0355. The van der Waals surface area contributed by atoms with Crippen molar-refractivity contribution in [3.8, 4) is 0 Å². The summed E-state index contributed by atoms with van der Waals surface area (Å²) in [6.07, 6.45) is 4.05. The maximum Gasteiger partial charge on any atom is 0.255 e. The highest BCUT2D eigenvalue weighted by atomic mass is 35.5. The van der Waals surface area contributed by atoms with Gasteiger partial charge in [0.2, 0.25) is 0 Å². The molecule has 0 radical (unpaired) electrons. The standard InChI is InChI=1S/C20H22ClF2N3O2/c21-17-13-19(23)18(22)12-16(17)20(27)26(14-15-2-4-24-5-3-15)7-1-6-25-8-10-28-11-9-25/h2-5,12-13H,1,6-11,14H2. The first-order valence-corrected chi connectivity index (χ1v) is 9.55. The average Bonchev–Trinajstić information content (AvgIpc) is 2.71. The highest BCUT2D eigenvalue weighted by Crippen LogP contribution is 2.22. The fourth-order valence-corrected chi connectivity index (χ4v) is 3.36. The number of amides is 1. The lowest BCUT2D eigenvalue weighted by atomic mass is 10.1. The predicted octanol–water partition coefficient (Wildman–Crippen LogP) is 3.38. The van der Waals surface area contributed by atoms with Crippen molar-refractivity contribution in [1.29, 1.82) is 0 Å². The van der Waals surface area contributed by atoms with E-state index in [0.717, 1.165) is 43.8 Å². The van der Waals surface area contributed by atoms with E-state index in [1.54, 1.807) is 17.3 Å². The molecule has 0 bridgehead atoms. The molecular weight excluding hydrogens is 388 g/mol. The number of rotatable bonds is 7. The summed E-state index contributed by atoms with van der Waals surface area (Å²) in [7, 11) is 0. The van der Waals surface area contributed by atoms with Gasteiger partial charge in [0.05, 0.1) is 23.8 Å². The number of carbonyl (C=O) groups is 1. The number of aromatic nitrogens is 1. The molecule has 1 aliphatic rings. The summed E-state index contributed by atoms with van der Waals surface area (Å²) in [4.78, 5) is 20.9. The lowest BCUT2D eigenvalue weighted by Crippen LogP contribution is -2.39. The third-order valence-electron chi connectivity index (χ3n) is 4.66. The van der Waals surface area contributed by atoms with Crippen molar-refractivity contribution in [2.75, 3.05) is 39.4 Å². The van der Waals surface area contributed by atoms with E-state index in [-0.39, 0.29) is 10.6 Å². The van der Waals surface area contributed by atoms with E-state index in [1.165, 1.54) is 0 Å². The molecule has 1 aliphatic heterocycles. The minimum atomic E-state index is -1.09. The van der Waals surface area contributed by atoms with E-state index < -0.39 is 17.5 Å². The number of nitrogens with zero attached hydrogens (tertiary/aromatic N) is 3. The summed E-state index contributed by atoms with van der Waals surface area (Å²) in [5, 5.41) is -0.100. The van der Waals surface area contributed by atoms with E-state index >= 15 is 0 Å². The number of benzene rings is 1. The number of hydrogen-bond acceptors (Lipinski definition) is 4.